The lowest BCUT2D eigenvalue weighted by Gasteiger charge is -2.31. The number of rotatable bonds is 22. The van der Waals surface area contributed by atoms with E-state index in [2.05, 4.69) is 33.5 Å². The molecular weight excluding hydrogens is 1140 g/mol. The van der Waals surface area contributed by atoms with E-state index in [9.17, 15) is 72.3 Å². The van der Waals surface area contributed by atoms with Crippen molar-refractivity contribution in [2.75, 3.05) is 52.0 Å². The van der Waals surface area contributed by atoms with Crippen LogP contribution >= 0.6 is 31.3 Å². The van der Waals surface area contributed by atoms with Crippen LogP contribution in [0.25, 0.3) is 22.3 Å². The molecule has 430 valence electrons. The number of nitrogens with one attached hydrogen (secondary N) is 2. The van der Waals surface area contributed by atoms with Gasteiger partial charge in [0.25, 0.3) is 24.9 Å². The molecule has 0 radical (unpaired) electrons. The number of aromatic nitrogens is 10. The van der Waals surface area contributed by atoms with E-state index in [0.29, 0.717) is 4.57 Å². The summed E-state index contributed by atoms with van der Waals surface area (Å²) < 4.78 is 109. The lowest BCUT2D eigenvalue weighted by Crippen LogP contribution is -2.45. The molecule has 16 atom stereocenters. The number of methoxy groups -OCH3 is 1. The first-order valence-corrected chi connectivity index (χ1v) is 28.6. The quantitative estimate of drug-likeness (QED) is 0.0231. The van der Waals surface area contributed by atoms with Crippen molar-refractivity contribution in [3.8, 4) is 0 Å². The van der Waals surface area contributed by atoms with E-state index in [0.717, 1.165) is 32.0 Å². The molecule has 3 fully saturated rings. The highest BCUT2D eigenvalue weighted by Crippen LogP contribution is 2.68. The molecule has 8 rings (SSSR count). The molecule has 3 aliphatic heterocycles. The van der Waals surface area contributed by atoms with Crippen LogP contribution < -0.4 is 37.7 Å². The number of nitrogen functional groups attached to an aromatic ring is 2. The Bertz CT molecular complexity index is 3430. The molecule has 12 N–H and O–H groups in total. The number of hydrogen-bond donors (Lipinski definition) is 10. The van der Waals surface area contributed by atoms with Crippen molar-refractivity contribution in [2.24, 2.45) is 13.0 Å². The van der Waals surface area contributed by atoms with E-state index in [1.807, 2.05) is 4.98 Å². The Morgan fingerprint density at radius 1 is 0.859 bits per heavy atom. The molecule has 0 aliphatic carbocycles. The molecule has 1 amide bonds. The van der Waals surface area contributed by atoms with Gasteiger partial charge in [-0.05, 0) is 6.92 Å². The summed E-state index contributed by atoms with van der Waals surface area (Å²) in [7, 11) is -19.9. The largest absolute Gasteiger partial charge is 0.756 e. The van der Waals surface area contributed by atoms with Gasteiger partial charge in [-0.1, -0.05) is 4.98 Å². The highest BCUT2D eigenvalue weighted by molar-refractivity contribution is 7.66. The number of aromatic amines is 2. The molecule has 5 aromatic heterocycles. The number of H-pyrrole nitrogens is 2. The first-order chi connectivity index (χ1) is 36.5. The number of carbonyl (C=O) groups excluding carboxylic acids is 1. The monoisotopic (exact) mass is 1190 g/mol. The summed E-state index contributed by atoms with van der Waals surface area (Å²) in [6, 6.07) is 0.911. The number of aliphatic hydroxyl groups is 3. The van der Waals surface area contributed by atoms with Gasteiger partial charge in [0, 0.05) is 45.3 Å². The zero-order chi connectivity index (χ0) is 57.0. The molecule has 42 heteroatoms. The van der Waals surface area contributed by atoms with Crippen LogP contribution in [0.15, 0.2) is 45.6 Å². The normalized spacial score (nSPS) is 29.6. The number of nitrogens with two attached hydrogens (primary N) is 2. The minimum Gasteiger partial charge on any atom is -0.756 e. The molecule has 78 heavy (non-hydrogen) atoms. The highest BCUT2D eigenvalue weighted by Gasteiger charge is 2.53. The van der Waals surface area contributed by atoms with Gasteiger partial charge in [-0.25, -0.2) is 38.0 Å². The fourth-order valence-electron chi connectivity index (χ4n) is 8.65. The topological polar surface area (TPSA) is 530 Å². The van der Waals surface area contributed by atoms with Gasteiger partial charge in [0.15, 0.2) is 30.2 Å². The third kappa shape index (κ3) is 12.6. The first-order valence-electron chi connectivity index (χ1n) is 22.6. The molecule has 38 nitrogen and oxygen atoms in total. The molecule has 3 aliphatic rings. The van der Waals surface area contributed by atoms with E-state index in [1.54, 1.807) is 6.92 Å². The number of hydrogen-bond acceptors (Lipinski definition) is 28. The standard InChI is InChI=1S/C36H51N13O25P4/c1-5-45(2)20(51)8-15-16(69-32(23(15)52)49-14-46(3)22-30(49)43-35(38)44-31(22)55)9-67-76(59,60)73-78(63,64)74-77(61,62)68-11-18-26(27(65-4)34(71-18)48-13-41-21-28(37)39-12-40-29(21)48)72-75(57,58)66-10-17-24(53)25(54)33(70-17)47-7-6-19(50)42-36(47)56/h6-7,12-18,23-27,32-34,52-54H,5,8-11H2,1-4H3,(H9-,37,38,39,40,42,43,44,50,55,56,57,58,59,60,61,62,63,64)/t15-,16-,17-,18-,23-,24-,25-,26-,27-,32?,33-,34-/m1/s1. The third-order valence-corrected chi connectivity index (χ3v) is 17.7. The Labute approximate surface area is 435 Å². The number of imidazole rings is 2. The van der Waals surface area contributed by atoms with Gasteiger partial charge < -0.3 is 79.3 Å². The number of phosphoric acid groups is 4. The smallest absolute Gasteiger partial charge is 0.490 e. The van der Waals surface area contributed by atoms with Crippen molar-refractivity contribution in [1.82, 2.24) is 48.5 Å². The maximum atomic E-state index is 13.5. The lowest BCUT2D eigenvalue weighted by molar-refractivity contribution is -0.745. The van der Waals surface area contributed by atoms with Crippen molar-refractivity contribution >= 4 is 71.3 Å². The predicted molar refractivity (Wildman–Crippen MR) is 251 cm³/mol. The fraction of sp³-hybridized carbons (Fsp3) is 0.583. The van der Waals surface area contributed by atoms with Crippen molar-refractivity contribution in [1.29, 1.82) is 0 Å². The molecule has 8 heterocycles. The van der Waals surface area contributed by atoms with Crippen LogP contribution in [0.4, 0.5) is 11.8 Å². The summed E-state index contributed by atoms with van der Waals surface area (Å²) in [6.07, 6.45) is -14.7. The van der Waals surface area contributed by atoms with Crippen LogP contribution in [0.1, 0.15) is 32.0 Å². The maximum absolute atomic E-state index is 13.5. The Balaban J connectivity index is 0.953. The lowest BCUT2D eigenvalue weighted by atomic mass is 9.94. The number of ether oxygens (including phenoxy) is 4. The summed E-state index contributed by atoms with van der Waals surface area (Å²) in [5, 5.41) is 32.8. The number of carbonyl (C=O) groups is 1. The Hall–Kier alpha value is -5.11. The molecule has 5 unspecified atom stereocenters. The summed E-state index contributed by atoms with van der Waals surface area (Å²) in [5.41, 5.74) is 9.10. The van der Waals surface area contributed by atoms with Crippen LogP contribution in [0.3, 0.4) is 0 Å². The second-order valence-electron chi connectivity index (χ2n) is 17.5. The molecular formula is C36H51N13O25P4. The summed E-state index contributed by atoms with van der Waals surface area (Å²) in [5.74, 6) is -2.18. The number of phosphoric ester groups is 3. The number of aliphatic hydroxyl groups excluding tert-OH is 3. The Kier molecular flexibility index (Phi) is 17.2. The first kappa shape index (κ1) is 59.0. The molecule has 5 aromatic rings. The molecule has 0 spiro atoms. The number of nitrogens with zero attached hydrogens (tertiary/aromatic N) is 9. The van der Waals surface area contributed by atoms with E-state index in [1.165, 1.54) is 39.0 Å². The van der Waals surface area contributed by atoms with Crippen molar-refractivity contribution in [3.05, 3.63) is 62.4 Å². The van der Waals surface area contributed by atoms with Crippen LogP contribution in [-0.2, 0) is 75.8 Å². The molecule has 0 saturated carbocycles. The summed E-state index contributed by atoms with van der Waals surface area (Å²) >= 11 is 0. The summed E-state index contributed by atoms with van der Waals surface area (Å²) in [4.78, 5) is 117. The van der Waals surface area contributed by atoms with E-state index < -0.39 is 154 Å². The van der Waals surface area contributed by atoms with Gasteiger partial charge in [0.1, 0.15) is 54.6 Å². The van der Waals surface area contributed by atoms with Crippen LogP contribution in [-0.4, -0.2) is 174 Å². The molecule has 0 bridgehead atoms. The van der Waals surface area contributed by atoms with Gasteiger partial charge in [0.05, 0.1) is 39.3 Å². The van der Waals surface area contributed by atoms with E-state index >= 15 is 0 Å². The molecule has 3 saturated heterocycles. The van der Waals surface area contributed by atoms with Gasteiger partial charge in [-0.15, -0.1) is 0 Å². The average molecular weight is 1190 g/mol. The van der Waals surface area contributed by atoms with Gasteiger partial charge >= 0.3 is 34.8 Å². The number of amides is 1. The fourth-order valence-corrected chi connectivity index (χ4v) is 13.1. The Morgan fingerprint density at radius 3 is 2.17 bits per heavy atom. The van der Waals surface area contributed by atoms with Crippen molar-refractivity contribution in [3.63, 3.8) is 0 Å². The predicted octanol–water partition coefficient (Wildman–Crippen LogP) is -4.38. The SMILES string of the molecule is CCN(C)C(=O)C[C@@H]1[C@@H](COP(=O)(O)OP(=O)(O)OP(=O)(O)OC[C@H]2O[C@@H](n3cnc4c(N)ncnc43)[C@H](OC)[C@@H]2OP(=O)([O-])OC[C@H]2O[C@@H](n3ccc(=O)[nH]c3=O)[C@H](O)[C@@H]2O)OC([n+]2cn(C)c3c(=O)[nH]c(N)nc32)[C@@H]1O. The Morgan fingerprint density at radius 2 is 1.51 bits per heavy atom. The number of anilines is 2. The second-order valence-corrected chi connectivity index (χ2v) is 23.5. The maximum Gasteiger partial charge on any atom is 0.490 e. The second kappa shape index (κ2) is 22.8. The van der Waals surface area contributed by atoms with E-state index in [4.69, 9.17) is 48.5 Å². The molecule has 0 aromatic carbocycles. The number of aryl methyl sites for hydroxylation is 1. The zero-order valence-corrected chi connectivity index (χ0v) is 44.3. The minimum atomic E-state index is -6.25. The van der Waals surface area contributed by atoms with Crippen LogP contribution in [0.2, 0.25) is 0 Å². The van der Waals surface area contributed by atoms with Gasteiger partial charge in [-0.3, -0.25) is 51.7 Å². The van der Waals surface area contributed by atoms with Gasteiger partial charge in [-0.2, -0.15) is 8.62 Å². The van der Waals surface area contributed by atoms with Gasteiger partial charge in [0.2, 0.25) is 17.7 Å². The third-order valence-electron chi connectivity index (χ3n) is 12.4. The van der Waals surface area contributed by atoms with E-state index in [-0.39, 0.29) is 40.6 Å². The summed E-state index contributed by atoms with van der Waals surface area (Å²) in [6.45, 7) is -1.56. The van der Waals surface area contributed by atoms with Crippen molar-refractivity contribution in [2.45, 2.75) is 80.9 Å². The highest BCUT2D eigenvalue weighted by atomic mass is 31.3. The van der Waals surface area contributed by atoms with Crippen LogP contribution in [0, 0.1) is 5.92 Å². The van der Waals surface area contributed by atoms with Crippen molar-refractivity contribution < 1.29 is 108 Å². The zero-order valence-electron chi connectivity index (χ0n) is 40.8. The van der Waals surface area contributed by atoms with Crippen LogP contribution in [0.5, 0.6) is 0 Å². The number of fused-ring (bicyclic) bond motifs is 2. The minimum absolute atomic E-state index is 0.0107. The average Bonchev–Trinajstić information content (AvgIpc) is 4.32.